The molecule has 0 atom stereocenters. The molecule has 0 aliphatic rings. The number of amides is 1. The van der Waals surface area contributed by atoms with Crippen molar-refractivity contribution in [2.45, 2.75) is 12.8 Å². The maximum atomic E-state index is 11.5. The van der Waals surface area contributed by atoms with Crippen molar-refractivity contribution in [1.29, 1.82) is 5.26 Å². The molecule has 0 aliphatic carbocycles. The van der Waals surface area contributed by atoms with E-state index < -0.39 is 5.91 Å². The Balaban J connectivity index is 2.57. The third kappa shape index (κ3) is 3.17. The number of carbonyl (C=O) groups is 1. The fourth-order valence-electron chi connectivity index (χ4n) is 1.18. The molecule has 16 heavy (non-hydrogen) atoms. The van der Waals surface area contributed by atoms with E-state index in [4.69, 9.17) is 10.4 Å². The van der Waals surface area contributed by atoms with Crippen molar-refractivity contribution in [3.05, 3.63) is 23.8 Å². The monoisotopic (exact) mass is 220 g/mol. The summed E-state index contributed by atoms with van der Waals surface area (Å²) in [5.41, 5.74) is 0.106. The van der Waals surface area contributed by atoms with E-state index in [2.05, 4.69) is 5.32 Å². The number of unbranched alkanes of at least 4 members (excludes halogenated alkanes) is 1. The highest BCUT2D eigenvalue weighted by Gasteiger charge is 2.10. The van der Waals surface area contributed by atoms with Gasteiger partial charge >= 0.3 is 0 Å². The van der Waals surface area contributed by atoms with Gasteiger partial charge in [0.1, 0.15) is 11.5 Å². The lowest BCUT2D eigenvalue weighted by atomic mass is 10.1. The summed E-state index contributed by atoms with van der Waals surface area (Å²) in [5.74, 6) is -0.785. The van der Waals surface area contributed by atoms with Crippen LogP contribution in [0.1, 0.15) is 23.2 Å². The lowest BCUT2D eigenvalue weighted by Crippen LogP contribution is -2.24. The van der Waals surface area contributed by atoms with E-state index in [1.807, 2.05) is 6.07 Å². The van der Waals surface area contributed by atoms with Crippen LogP contribution in [0.2, 0.25) is 0 Å². The molecule has 5 heteroatoms. The number of phenols is 2. The molecular formula is C11H12N2O3. The Morgan fingerprint density at radius 2 is 2.19 bits per heavy atom. The van der Waals surface area contributed by atoms with Gasteiger partial charge < -0.3 is 15.5 Å². The van der Waals surface area contributed by atoms with Crippen molar-refractivity contribution in [3.63, 3.8) is 0 Å². The third-order valence-corrected chi connectivity index (χ3v) is 1.98. The summed E-state index contributed by atoms with van der Waals surface area (Å²) < 4.78 is 0. The zero-order chi connectivity index (χ0) is 12.0. The molecule has 1 amide bonds. The number of nitrogens with one attached hydrogen (secondary N) is 1. The number of phenolic OH excluding ortho intramolecular Hbond substituents is 2. The summed E-state index contributed by atoms with van der Waals surface area (Å²) in [4.78, 5) is 11.5. The van der Waals surface area contributed by atoms with Crippen molar-refractivity contribution in [1.82, 2.24) is 5.32 Å². The Labute approximate surface area is 92.9 Å². The van der Waals surface area contributed by atoms with Crippen LogP contribution in [-0.4, -0.2) is 22.7 Å². The molecule has 0 aliphatic heterocycles. The van der Waals surface area contributed by atoms with Crippen molar-refractivity contribution < 1.29 is 15.0 Å². The van der Waals surface area contributed by atoms with Gasteiger partial charge in [-0.25, -0.2) is 0 Å². The van der Waals surface area contributed by atoms with Crippen molar-refractivity contribution >= 4 is 5.91 Å². The smallest absolute Gasteiger partial charge is 0.255 e. The SMILES string of the molecule is N#CCCCNC(=O)c1ccc(O)cc1O. The van der Waals surface area contributed by atoms with Crippen LogP contribution in [0.15, 0.2) is 18.2 Å². The van der Waals surface area contributed by atoms with Gasteiger partial charge in [0.2, 0.25) is 0 Å². The van der Waals surface area contributed by atoms with E-state index in [0.717, 1.165) is 6.07 Å². The maximum Gasteiger partial charge on any atom is 0.255 e. The van der Waals surface area contributed by atoms with Crippen molar-refractivity contribution in [3.8, 4) is 17.6 Å². The number of benzene rings is 1. The van der Waals surface area contributed by atoms with Crippen LogP contribution in [0.3, 0.4) is 0 Å². The molecule has 0 bridgehead atoms. The molecule has 84 valence electrons. The van der Waals surface area contributed by atoms with Crippen molar-refractivity contribution in [2.75, 3.05) is 6.54 Å². The van der Waals surface area contributed by atoms with Gasteiger partial charge in [-0.2, -0.15) is 5.26 Å². The fraction of sp³-hybridized carbons (Fsp3) is 0.273. The Morgan fingerprint density at radius 1 is 1.44 bits per heavy atom. The third-order valence-electron chi connectivity index (χ3n) is 1.98. The van der Waals surface area contributed by atoms with Crippen LogP contribution >= 0.6 is 0 Å². The van der Waals surface area contributed by atoms with Gasteiger partial charge in [-0.15, -0.1) is 0 Å². The Bertz CT molecular complexity index is 424. The summed E-state index contributed by atoms with van der Waals surface area (Å²) in [7, 11) is 0. The first-order chi connectivity index (χ1) is 7.65. The molecule has 0 fully saturated rings. The number of hydrogen-bond acceptors (Lipinski definition) is 4. The molecule has 5 nitrogen and oxygen atoms in total. The number of hydrogen-bond donors (Lipinski definition) is 3. The maximum absolute atomic E-state index is 11.5. The number of nitrogens with zero attached hydrogens (tertiary/aromatic N) is 1. The van der Waals surface area contributed by atoms with Gasteiger partial charge in [0.15, 0.2) is 0 Å². The molecule has 0 saturated heterocycles. The van der Waals surface area contributed by atoms with Gasteiger partial charge in [0.25, 0.3) is 5.91 Å². The number of aromatic hydroxyl groups is 2. The van der Waals surface area contributed by atoms with Crippen LogP contribution in [0.25, 0.3) is 0 Å². The Morgan fingerprint density at radius 3 is 2.81 bits per heavy atom. The highest BCUT2D eigenvalue weighted by atomic mass is 16.3. The lowest BCUT2D eigenvalue weighted by Gasteiger charge is -2.05. The van der Waals surface area contributed by atoms with Crippen LogP contribution in [0.5, 0.6) is 11.5 Å². The Hall–Kier alpha value is -2.22. The molecular weight excluding hydrogens is 208 g/mol. The average molecular weight is 220 g/mol. The quantitative estimate of drug-likeness (QED) is 0.663. The number of nitriles is 1. The summed E-state index contributed by atoms with van der Waals surface area (Å²) in [6.07, 6.45) is 0.947. The molecule has 3 N–H and O–H groups in total. The fourth-order valence-corrected chi connectivity index (χ4v) is 1.18. The van der Waals surface area contributed by atoms with Crippen molar-refractivity contribution in [2.24, 2.45) is 0 Å². The molecule has 0 aromatic heterocycles. The predicted molar refractivity (Wildman–Crippen MR) is 57.0 cm³/mol. The topological polar surface area (TPSA) is 93.4 Å². The molecule has 0 radical (unpaired) electrons. The minimum atomic E-state index is -0.421. The first-order valence-electron chi connectivity index (χ1n) is 4.82. The average Bonchev–Trinajstić information content (AvgIpc) is 2.24. The second-order valence-corrected chi connectivity index (χ2v) is 3.22. The van der Waals surface area contributed by atoms with Gasteiger partial charge in [-0.05, 0) is 18.6 Å². The minimum absolute atomic E-state index is 0.0986. The molecule has 0 heterocycles. The number of rotatable bonds is 4. The van der Waals surface area contributed by atoms with Gasteiger partial charge in [0, 0.05) is 19.0 Å². The second-order valence-electron chi connectivity index (χ2n) is 3.22. The molecule has 1 aromatic rings. The minimum Gasteiger partial charge on any atom is -0.508 e. The molecule has 0 spiro atoms. The van der Waals surface area contributed by atoms with E-state index in [1.54, 1.807) is 0 Å². The summed E-state index contributed by atoms with van der Waals surface area (Å²) >= 11 is 0. The Kier molecular flexibility index (Phi) is 4.16. The lowest BCUT2D eigenvalue weighted by molar-refractivity contribution is 0.0950. The van der Waals surface area contributed by atoms with Gasteiger partial charge in [0.05, 0.1) is 11.6 Å². The number of carbonyl (C=O) groups excluding carboxylic acids is 1. The second kappa shape index (κ2) is 5.61. The summed E-state index contributed by atoms with van der Waals surface area (Å²) in [6.45, 7) is 0.382. The van der Waals surface area contributed by atoms with Crippen LogP contribution in [-0.2, 0) is 0 Å². The highest BCUT2D eigenvalue weighted by molar-refractivity contribution is 5.96. The largest absolute Gasteiger partial charge is 0.508 e. The van der Waals surface area contributed by atoms with E-state index in [1.165, 1.54) is 12.1 Å². The highest BCUT2D eigenvalue weighted by Crippen LogP contribution is 2.22. The van der Waals surface area contributed by atoms with Crippen LogP contribution < -0.4 is 5.32 Å². The molecule has 0 saturated carbocycles. The van der Waals surface area contributed by atoms with E-state index in [9.17, 15) is 9.90 Å². The van der Waals surface area contributed by atoms with E-state index in [-0.39, 0.29) is 17.1 Å². The first kappa shape index (κ1) is 11.9. The van der Waals surface area contributed by atoms with E-state index in [0.29, 0.717) is 19.4 Å². The summed E-state index contributed by atoms with van der Waals surface area (Å²) in [5, 5.41) is 29.3. The molecule has 0 unspecified atom stereocenters. The predicted octanol–water partition coefficient (Wildman–Crippen LogP) is 1.13. The molecule has 1 rings (SSSR count). The zero-order valence-electron chi connectivity index (χ0n) is 8.60. The first-order valence-corrected chi connectivity index (χ1v) is 4.82. The van der Waals surface area contributed by atoms with Crippen LogP contribution in [0, 0.1) is 11.3 Å². The van der Waals surface area contributed by atoms with E-state index >= 15 is 0 Å². The van der Waals surface area contributed by atoms with Crippen LogP contribution in [0.4, 0.5) is 0 Å². The normalized spacial score (nSPS) is 9.44. The zero-order valence-corrected chi connectivity index (χ0v) is 8.60. The summed E-state index contributed by atoms with van der Waals surface area (Å²) in [6, 6.07) is 5.73. The van der Waals surface area contributed by atoms with Gasteiger partial charge in [-0.3, -0.25) is 4.79 Å². The standard InChI is InChI=1S/C11H12N2O3/c12-5-1-2-6-13-11(16)9-4-3-8(14)7-10(9)15/h3-4,7,14-15H,1-2,6H2,(H,13,16). The van der Waals surface area contributed by atoms with Gasteiger partial charge in [-0.1, -0.05) is 0 Å². The molecule has 1 aromatic carbocycles.